The van der Waals surface area contributed by atoms with Gasteiger partial charge in [0.25, 0.3) is 10.1 Å². The first-order valence-electron chi connectivity index (χ1n) is 11.8. The minimum absolute atomic E-state index is 0.00970. The lowest BCUT2D eigenvalue weighted by Crippen LogP contribution is -2.38. The summed E-state index contributed by atoms with van der Waals surface area (Å²) in [6.07, 6.45) is 1.72. The van der Waals surface area contributed by atoms with Crippen LogP contribution in [0.25, 0.3) is 0 Å². The smallest absolute Gasteiger partial charge is 0.356 e. The summed E-state index contributed by atoms with van der Waals surface area (Å²) in [5.74, 6) is -1.71. The number of carbonyl (C=O) groups excluding carboxylic acids is 1. The number of hydrogen-bond acceptors (Lipinski definition) is 8. The molecule has 2 aromatic rings. The van der Waals surface area contributed by atoms with Crippen LogP contribution in [0.2, 0.25) is 0 Å². The normalized spacial score (nSPS) is 19.3. The molecule has 2 aromatic heterocycles. The molecule has 0 aliphatic carbocycles. The Morgan fingerprint density at radius 1 is 1.22 bits per heavy atom. The molecule has 4 rings (SSSR count). The van der Waals surface area contributed by atoms with E-state index in [1.54, 1.807) is 4.90 Å². The van der Waals surface area contributed by atoms with E-state index in [0.717, 1.165) is 30.6 Å². The van der Waals surface area contributed by atoms with Crippen molar-refractivity contribution < 1.29 is 30.6 Å². The first kappa shape index (κ1) is 26.3. The van der Waals surface area contributed by atoms with E-state index in [0.29, 0.717) is 32.5 Å². The zero-order valence-corrected chi connectivity index (χ0v) is 20.9. The molecule has 1 atom stereocenters. The van der Waals surface area contributed by atoms with Crippen molar-refractivity contribution >= 4 is 27.7 Å². The van der Waals surface area contributed by atoms with Crippen molar-refractivity contribution in [1.82, 2.24) is 19.5 Å². The van der Waals surface area contributed by atoms with Crippen molar-refractivity contribution in [3.05, 3.63) is 29.6 Å². The number of piperidine rings is 1. The minimum atomic E-state index is -4.60. The van der Waals surface area contributed by atoms with Crippen LogP contribution in [0.1, 0.15) is 61.5 Å². The minimum Gasteiger partial charge on any atom is -0.356 e. The molecule has 1 amide bonds. The van der Waals surface area contributed by atoms with E-state index >= 15 is 0 Å². The van der Waals surface area contributed by atoms with E-state index < -0.39 is 34.5 Å². The van der Waals surface area contributed by atoms with Gasteiger partial charge in [-0.05, 0) is 19.3 Å². The molecule has 36 heavy (non-hydrogen) atoms. The molecule has 14 heteroatoms. The predicted octanol–water partition coefficient (Wildman–Crippen LogP) is 2.97. The molecule has 0 spiro atoms. The molecule has 4 heterocycles. The number of fused-ring (bicyclic) bond motifs is 1. The summed E-state index contributed by atoms with van der Waals surface area (Å²) in [4.78, 5) is 26.5. The maximum Gasteiger partial charge on any atom is 0.396 e. The third-order valence-electron chi connectivity index (χ3n) is 6.41. The lowest BCUT2D eigenvalue weighted by Gasteiger charge is -2.36. The van der Waals surface area contributed by atoms with Crippen LogP contribution in [-0.4, -0.2) is 66.0 Å². The third-order valence-corrected chi connectivity index (χ3v) is 7.00. The van der Waals surface area contributed by atoms with Gasteiger partial charge in [-0.2, -0.15) is 21.6 Å². The summed E-state index contributed by atoms with van der Waals surface area (Å²) in [5, 5.41) is 2.44. The number of aromatic nitrogens is 4. The number of carbonyl (C=O) groups is 1. The first-order valence-corrected chi connectivity index (χ1v) is 13.6. The second-order valence-corrected chi connectivity index (χ2v) is 10.8. The third kappa shape index (κ3) is 5.97. The highest BCUT2D eigenvalue weighted by Gasteiger charge is 2.48. The number of nitrogens with one attached hydrogen (secondary N) is 1. The van der Waals surface area contributed by atoms with Gasteiger partial charge in [0.15, 0.2) is 0 Å². The number of alkyl halides is 3. The van der Waals surface area contributed by atoms with Crippen molar-refractivity contribution in [3.8, 4) is 0 Å². The molecule has 198 valence electrons. The average molecular weight is 531 g/mol. The highest BCUT2D eigenvalue weighted by Crippen LogP contribution is 2.46. The molecular weight excluding hydrogens is 501 g/mol. The molecule has 0 bridgehead atoms. The molecule has 1 unspecified atom stereocenters. The number of anilines is 2. The van der Waals surface area contributed by atoms with Crippen LogP contribution in [0.15, 0.2) is 12.5 Å². The largest absolute Gasteiger partial charge is 0.396 e. The van der Waals surface area contributed by atoms with E-state index in [2.05, 4.69) is 15.3 Å². The summed E-state index contributed by atoms with van der Waals surface area (Å²) in [5.41, 5.74) is 0.815. The fourth-order valence-electron chi connectivity index (χ4n) is 4.81. The fourth-order valence-corrected chi connectivity index (χ4v) is 5.19. The van der Waals surface area contributed by atoms with Gasteiger partial charge in [0.2, 0.25) is 5.91 Å². The van der Waals surface area contributed by atoms with Gasteiger partial charge >= 0.3 is 6.18 Å². The van der Waals surface area contributed by atoms with Crippen molar-refractivity contribution in [3.63, 3.8) is 0 Å². The van der Waals surface area contributed by atoms with Crippen LogP contribution in [0, 0.1) is 0 Å². The number of amides is 1. The van der Waals surface area contributed by atoms with Crippen molar-refractivity contribution in [2.45, 2.75) is 63.6 Å². The van der Waals surface area contributed by atoms with E-state index in [-0.39, 0.29) is 29.7 Å². The Hall–Kier alpha value is -2.74. The lowest BCUT2D eigenvalue weighted by molar-refractivity contribution is -0.156. The van der Waals surface area contributed by atoms with E-state index in [4.69, 9.17) is 9.17 Å². The molecule has 0 saturated carbocycles. The van der Waals surface area contributed by atoms with Gasteiger partial charge in [0.05, 0.1) is 30.0 Å². The van der Waals surface area contributed by atoms with Crippen LogP contribution < -0.4 is 10.2 Å². The highest BCUT2D eigenvalue weighted by molar-refractivity contribution is 7.85. The molecule has 0 aromatic carbocycles. The SMILES string of the molecule is CCCc1cn(CCOS(C)(=O)=O)c(C2CCN(c3ncnc4c3C(C(F)(F)F)CC(=O)N4)CC2)n1. The molecular formula is C22H29F3N6O4S. The first-order chi connectivity index (χ1) is 17.0. The van der Waals surface area contributed by atoms with Gasteiger partial charge in [0.1, 0.15) is 23.8 Å². The topological polar surface area (TPSA) is 119 Å². The Morgan fingerprint density at radius 2 is 1.94 bits per heavy atom. The quantitative estimate of drug-likeness (QED) is 0.518. The standard InChI is InChI=1S/C22H29F3N6O4S/c1-3-4-15-12-31(9-10-35-36(2,33)34)20(28-15)14-5-7-30(8-6-14)21-18-16(22(23,24)25)11-17(32)29-19(18)26-13-27-21/h12-14,16H,3-11H2,1-2H3,(H,26,27,29,32). The van der Waals surface area contributed by atoms with E-state index in [9.17, 15) is 26.4 Å². The maximum atomic E-state index is 13.8. The number of rotatable bonds is 8. The fraction of sp³-hybridized carbons (Fsp3) is 0.636. The number of hydrogen-bond donors (Lipinski definition) is 1. The summed E-state index contributed by atoms with van der Waals surface area (Å²) in [7, 11) is -3.56. The molecule has 2 aliphatic rings. The van der Waals surface area contributed by atoms with Gasteiger partial charge in [-0.3, -0.25) is 8.98 Å². The van der Waals surface area contributed by atoms with E-state index in [1.165, 1.54) is 6.33 Å². The predicted molar refractivity (Wildman–Crippen MR) is 125 cm³/mol. The van der Waals surface area contributed by atoms with Gasteiger partial charge in [-0.25, -0.2) is 15.0 Å². The monoisotopic (exact) mass is 530 g/mol. The summed E-state index contributed by atoms with van der Waals surface area (Å²) >= 11 is 0. The van der Waals surface area contributed by atoms with Gasteiger partial charge in [0, 0.05) is 38.2 Å². The lowest BCUT2D eigenvalue weighted by atomic mass is 9.90. The second-order valence-electron chi connectivity index (χ2n) is 9.13. The Morgan fingerprint density at radius 3 is 2.58 bits per heavy atom. The number of aryl methyl sites for hydroxylation is 1. The summed E-state index contributed by atoms with van der Waals surface area (Å²) in [6.45, 7) is 3.25. The maximum absolute atomic E-state index is 13.8. The van der Waals surface area contributed by atoms with Gasteiger partial charge in [-0.1, -0.05) is 13.3 Å². The Kier molecular flexibility index (Phi) is 7.55. The van der Waals surface area contributed by atoms with Gasteiger partial charge < -0.3 is 14.8 Å². The Balaban J connectivity index is 1.53. The molecule has 1 saturated heterocycles. The van der Waals surface area contributed by atoms with Crippen LogP contribution in [-0.2, 0) is 32.1 Å². The second kappa shape index (κ2) is 10.3. The Labute approximate surface area is 207 Å². The number of halogens is 3. The molecule has 2 aliphatic heterocycles. The number of nitrogens with zero attached hydrogens (tertiary/aromatic N) is 5. The van der Waals surface area contributed by atoms with Crippen molar-refractivity contribution in [1.29, 1.82) is 0 Å². The zero-order chi connectivity index (χ0) is 26.1. The Bertz CT molecular complexity index is 1210. The van der Waals surface area contributed by atoms with Crippen molar-refractivity contribution in [2.75, 3.05) is 36.2 Å². The average Bonchev–Trinajstić information content (AvgIpc) is 3.19. The van der Waals surface area contributed by atoms with Crippen LogP contribution >= 0.6 is 0 Å². The van der Waals surface area contributed by atoms with Crippen LogP contribution in [0.5, 0.6) is 0 Å². The number of imidazole rings is 1. The summed E-state index contributed by atoms with van der Waals surface area (Å²) < 4.78 is 70.9. The molecule has 1 N–H and O–H groups in total. The molecule has 1 fully saturated rings. The summed E-state index contributed by atoms with van der Waals surface area (Å²) in [6, 6.07) is 0. The van der Waals surface area contributed by atoms with Gasteiger partial charge in [-0.15, -0.1) is 0 Å². The highest BCUT2D eigenvalue weighted by atomic mass is 32.2. The molecule has 0 radical (unpaired) electrons. The van der Waals surface area contributed by atoms with Crippen LogP contribution in [0.3, 0.4) is 0 Å². The van der Waals surface area contributed by atoms with Crippen molar-refractivity contribution in [2.24, 2.45) is 0 Å². The zero-order valence-electron chi connectivity index (χ0n) is 20.1. The van der Waals surface area contributed by atoms with E-state index in [1.807, 2.05) is 17.7 Å². The molecule has 10 nitrogen and oxygen atoms in total. The van der Waals surface area contributed by atoms with Crippen LogP contribution in [0.4, 0.5) is 24.8 Å².